The first-order chi connectivity index (χ1) is 13.4. The minimum atomic E-state index is -0.218. The van der Waals surface area contributed by atoms with Gasteiger partial charge in [0.05, 0.1) is 39.3 Å². The second-order valence-corrected chi connectivity index (χ2v) is 9.48. The molecule has 2 aliphatic carbocycles. The summed E-state index contributed by atoms with van der Waals surface area (Å²) in [5.41, 5.74) is 1.79. The predicted octanol–water partition coefficient (Wildman–Crippen LogP) is 1.66. The number of nitrogens with zero attached hydrogens (tertiary/aromatic N) is 1. The van der Waals surface area contributed by atoms with Crippen LogP contribution in [0.1, 0.15) is 46.5 Å². The van der Waals surface area contributed by atoms with E-state index in [0.29, 0.717) is 25.6 Å². The van der Waals surface area contributed by atoms with Crippen LogP contribution in [0.5, 0.6) is 0 Å². The van der Waals surface area contributed by atoms with Crippen LogP contribution in [-0.2, 0) is 14.3 Å². The maximum absolute atomic E-state index is 12.7. The highest BCUT2D eigenvalue weighted by atomic mass is 16.6. The lowest BCUT2D eigenvalue weighted by Crippen LogP contribution is -3.15. The van der Waals surface area contributed by atoms with Gasteiger partial charge >= 0.3 is 12.1 Å². The number of nitrogens with one attached hydrogen (secondary N) is 1. The predicted molar refractivity (Wildman–Crippen MR) is 105 cm³/mol. The van der Waals surface area contributed by atoms with E-state index in [2.05, 4.69) is 19.9 Å². The van der Waals surface area contributed by atoms with Gasteiger partial charge in [-0.15, -0.1) is 0 Å². The Bertz CT molecular complexity index is 655. The maximum Gasteiger partial charge on any atom is 0.410 e. The van der Waals surface area contributed by atoms with Gasteiger partial charge in [-0.2, -0.15) is 0 Å². The van der Waals surface area contributed by atoms with Crippen LogP contribution in [0.15, 0.2) is 11.6 Å². The number of hydrogen-bond acceptors (Lipinski definition) is 4. The summed E-state index contributed by atoms with van der Waals surface area (Å²) in [7, 11) is 0. The summed E-state index contributed by atoms with van der Waals surface area (Å²) in [6.45, 7) is 10.9. The Balaban J connectivity index is 1.42. The second kappa shape index (κ2) is 7.69. The Morgan fingerprint density at radius 2 is 2.14 bits per heavy atom. The molecular formula is C22H35N2O4+. The molecule has 5 atom stereocenters. The molecule has 4 aliphatic rings. The summed E-state index contributed by atoms with van der Waals surface area (Å²) in [6.07, 6.45) is 7.01. The van der Waals surface area contributed by atoms with Gasteiger partial charge in [0.2, 0.25) is 0 Å². The van der Waals surface area contributed by atoms with E-state index in [9.17, 15) is 9.59 Å². The Morgan fingerprint density at radius 1 is 1.39 bits per heavy atom. The van der Waals surface area contributed by atoms with E-state index < -0.39 is 0 Å². The molecule has 2 saturated heterocycles. The zero-order valence-electron chi connectivity index (χ0n) is 17.5. The summed E-state index contributed by atoms with van der Waals surface area (Å²) >= 11 is 0. The zero-order valence-corrected chi connectivity index (χ0v) is 17.5. The molecule has 2 aliphatic heterocycles. The van der Waals surface area contributed by atoms with Crippen molar-refractivity contribution in [3.8, 4) is 0 Å². The molecule has 156 valence electrons. The molecule has 28 heavy (non-hydrogen) atoms. The first-order valence-electron chi connectivity index (χ1n) is 11.1. The fourth-order valence-corrected chi connectivity index (χ4v) is 6.02. The number of rotatable bonds is 3. The smallest absolute Gasteiger partial charge is 0.410 e. The number of allylic oxidation sites excluding steroid dienone is 1. The highest BCUT2D eigenvalue weighted by Gasteiger charge is 2.52. The molecule has 0 aromatic heterocycles. The molecule has 3 fully saturated rings. The number of quaternary nitrogens is 1. The van der Waals surface area contributed by atoms with Crippen molar-refractivity contribution in [1.29, 1.82) is 0 Å². The summed E-state index contributed by atoms with van der Waals surface area (Å²) in [5.74, 6) is 0.797. The average Bonchev–Trinajstić information content (AvgIpc) is 2.95. The fraction of sp³-hybridized carbons (Fsp3) is 0.818. The van der Waals surface area contributed by atoms with Crippen LogP contribution in [0.25, 0.3) is 0 Å². The maximum atomic E-state index is 12.7. The van der Waals surface area contributed by atoms with E-state index in [0.717, 1.165) is 26.1 Å². The van der Waals surface area contributed by atoms with Crippen molar-refractivity contribution in [2.24, 2.45) is 23.2 Å². The normalized spacial score (nSPS) is 38.3. The Labute approximate surface area is 168 Å². The van der Waals surface area contributed by atoms with Crippen molar-refractivity contribution in [3.63, 3.8) is 0 Å². The first kappa shape index (κ1) is 19.7. The van der Waals surface area contributed by atoms with Gasteiger partial charge in [-0.05, 0) is 37.5 Å². The molecule has 6 nitrogen and oxygen atoms in total. The number of ether oxygens (including phenoxy) is 2. The van der Waals surface area contributed by atoms with Crippen LogP contribution >= 0.6 is 0 Å². The van der Waals surface area contributed by atoms with Crippen molar-refractivity contribution < 1.29 is 24.0 Å². The lowest BCUT2D eigenvalue weighted by atomic mass is 9.59. The second-order valence-electron chi connectivity index (χ2n) is 9.48. The van der Waals surface area contributed by atoms with Gasteiger partial charge in [-0.1, -0.05) is 31.9 Å². The number of amides is 1. The quantitative estimate of drug-likeness (QED) is 0.587. The van der Waals surface area contributed by atoms with Crippen molar-refractivity contribution in [1.82, 2.24) is 4.90 Å². The lowest BCUT2D eigenvalue weighted by molar-refractivity contribution is -0.906. The minimum Gasteiger partial charge on any atom is -0.461 e. The van der Waals surface area contributed by atoms with E-state index in [-0.39, 0.29) is 35.4 Å². The Kier molecular flexibility index (Phi) is 5.43. The molecule has 0 radical (unpaired) electrons. The van der Waals surface area contributed by atoms with E-state index in [1.165, 1.54) is 24.2 Å². The van der Waals surface area contributed by atoms with Crippen molar-refractivity contribution >= 4 is 12.1 Å². The summed E-state index contributed by atoms with van der Waals surface area (Å²) in [6, 6.07) is 0. The zero-order chi connectivity index (χ0) is 19.9. The molecule has 1 amide bonds. The van der Waals surface area contributed by atoms with Gasteiger partial charge < -0.3 is 14.4 Å². The third-order valence-corrected chi connectivity index (χ3v) is 7.59. The molecule has 1 saturated carbocycles. The molecule has 0 bridgehead atoms. The third kappa shape index (κ3) is 3.56. The molecule has 0 aromatic rings. The van der Waals surface area contributed by atoms with Gasteiger partial charge in [0.1, 0.15) is 12.0 Å². The van der Waals surface area contributed by atoms with Crippen LogP contribution in [0, 0.1) is 23.2 Å². The molecule has 0 spiro atoms. The molecule has 2 heterocycles. The van der Waals surface area contributed by atoms with Gasteiger partial charge in [0, 0.05) is 5.92 Å². The SMILES string of the molecule is CCOC(=O)N1CC[NH+](C[C@@H]2C(=O)O[C@H]3C[C@]4(C)CCC[C@H](C)C4=C[C@H]32)CC1. The molecule has 1 N–H and O–H groups in total. The number of esters is 1. The van der Waals surface area contributed by atoms with Gasteiger partial charge in [0.25, 0.3) is 0 Å². The highest BCUT2D eigenvalue weighted by molar-refractivity contribution is 5.76. The van der Waals surface area contributed by atoms with E-state index in [1.54, 1.807) is 10.5 Å². The number of hydrogen-bond donors (Lipinski definition) is 1. The van der Waals surface area contributed by atoms with E-state index >= 15 is 0 Å². The van der Waals surface area contributed by atoms with Crippen molar-refractivity contribution in [2.45, 2.75) is 52.6 Å². The summed E-state index contributed by atoms with van der Waals surface area (Å²) < 4.78 is 11.0. The molecule has 6 heteroatoms. The van der Waals surface area contributed by atoms with E-state index in [1.807, 2.05) is 6.92 Å². The van der Waals surface area contributed by atoms with Gasteiger partial charge in [0.15, 0.2) is 0 Å². The summed E-state index contributed by atoms with van der Waals surface area (Å²) in [4.78, 5) is 27.8. The third-order valence-electron chi connectivity index (χ3n) is 7.59. The Hall–Kier alpha value is -1.56. The first-order valence-corrected chi connectivity index (χ1v) is 11.1. The van der Waals surface area contributed by atoms with Crippen molar-refractivity contribution in [2.75, 3.05) is 39.3 Å². The molecular weight excluding hydrogens is 356 g/mol. The standard InChI is InChI=1S/C22H34N2O4/c1-4-27-21(26)24-10-8-23(9-11-24)14-17-16-12-18-15(2)6-5-7-22(18,3)13-19(16)28-20(17)25/h12,15-17,19H,4-11,13-14H2,1-3H3/p+1/t15-,16-,17-,19-,22-/m0/s1. The van der Waals surface area contributed by atoms with Crippen LogP contribution in [0.4, 0.5) is 4.79 Å². The monoisotopic (exact) mass is 391 g/mol. The molecule has 0 aromatic carbocycles. The fourth-order valence-electron chi connectivity index (χ4n) is 6.02. The minimum absolute atomic E-state index is 0.0120. The topological polar surface area (TPSA) is 60.3 Å². The number of piperazine rings is 1. The van der Waals surface area contributed by atoms with E-state index in [4.69, 9.17) is 9.47 Å². The van der Waals surface area contributed by atoms with Gasteiger partial charge in [-0.25, -0.2) is 4.79 Å². The van der Waals surface area contributed by atoms with Crippen LogP contribution < -0.4 is 4.90 Å². The number of fused-ring (bicyclic) bond motifs is 2. The Morgan fingerprint density at radius 3 is 2.86 bits per heavy atom. The van der Waals surface area contributed by atoms with Crippen LogP contribution in [-0.4, -0.2) is 62.4 Å². The summed E-state index contributed by atoms with van der Waals surface area (Å²) in [5, 5.41) is 0. The lowest BCUT2D eigenvalue weighted by Gasteiger charge is -2.46. The van der Waals surface area contributed by atoms with Crippen LogP contribution in [0.2, 0.25) is 0 Å². The molecule has 4 rings (SSSR count). The van der Waals surface area contributed by atoms with Gasteiger partial charge in [-0.3, -0.25) is 9.69 Å². The largest absolute Gasteiger partial charge is 0.461 e. The number of carbonyl (C=O) groups is 2. The van der Waals surface area contributed by atoms with Crippen molar-refractivity contribution in [3.05, 3.63) is 11.6 Å². The number of carbonyl (C=O) groups excluding carboxylic acids is 2. The highest BCUT2D eigenvalue weighted by Crippen LogP contribution is 2.53. The molecule has 0 unspecified atom stereocenters. The average molecular weight is 392 g/mol. The van der Waals surface area contributed by atoms with Crippen LogP contribution in [0.3, 0.4) is 0 Å².